The van der Waals surface area contributed by atoms with Gasteiger partial charge in [-0.25, -0.2) is 18.6 Å². The molecule has 330 valence electrons. The molecule has 62 heavy (non-hydrogen) atoms. The summed E-state index contributed by atoms with van der Waals surface area (Å²) in [5.41, 5.74) is -0.970. The zero-order chi connectivity index (χ0) is 44.9. The van der Waals surface area contributed by atoms with Gasteiger partial charge in [-0.2, -0.15) is 28.4 Å². The molecule has 1 saturated carbocycles. The van der Waals surface area contributed by atoms with Gasteiger partial charge in [0, 0.05) is 41.9 Å². The zero-order valence-corrected chi connectivity index (χ0v) is 34.4. The number of urea groups is 1. The van der Waals surface area contributed by atoms with Crippen molar-refractivity contribution in [2.45, 2.75) is 70.6 Å². The molecule has 2 atom stereocenters. The van der Waals surface area contributed by atoms with E-state index in [1.165, 1.54) is 30.2 Å². The maximum absolute atomic E-state index is 17.4. The number of alkyl halides is 3. The highest BCUT2D eigenvalue weighted by molar-refractivity contribution is 6.04. The normalized spacial score (nSPS) is 18.9. The van der Waals surface area contributed by atoms with Crippen LogP contribution >= 0.6 is 0 Å². The number of nitriles is 1. The van der Waals surface area contributed by atoms with Crippen molar-refractivity contribution in [2.75, 3.05) is 57.9 Å². The Bertz CT molecular complexity index is 2380. The molecule has 2 aromatic heterocycles. The number of anilines is 1. The van der Waals surface area contributed by atoms with Gasteiger partial charge in [0.05, 0.1) is 37.4 Å². The minimum Gasteiger partial charge on any atom is -0.508 e. The first-order valence-electron chi connectivity index (χ1n) is 20.2. The molecule has 0 radical (unpaired) electrons. The number of rotatable bonds is 11. The molecule has 0 spiro atoms. The second kappa shape index (κ2) is 18.8. The van der Waals surface area contributed by atoms with Gasteiger partial charge in [-0.1, -0.05) is 25.8 Å². The molecular formula is C43H47F5N8O6. The Balaban J connectivity index is 0.00000208. The molecule has 2 saturated heterocycles. The van der Waals surface area contributed by atoms with Crippen LogP contribution in [0, 0.1) is 46.6 Å². The third-order valence-electron chi connectivity index (χ3n) is 11.7. The number of piperazine rings is 1. The molecule has 19 heteroatoms. The fourth-order valence-corrected chi connectivity index (χ4v) is 8.39. The van der Waals surface area contributed by atoms with E-state index in [9.17, 15) is 28.3 Å². The number of aromatic nitrogens is 3. The Labute approximate surface area is 354 Å². The number of carbonyl (C=O) groups is 2. The summed E-state index contributed by atoms with van der Waals surface area (Å²) >= 11 is 0. The summed E-state index contributed by atoms with van der Waals surface area (Å²) in [6.07, 6.45) is 5.24. The van der Waals surface area contributed by atoms with Gasteiger partial charge in [-0.05, 0) is 75.2 Å². The average molecular weight is 867 g/mol. The van der Waals surface area contributed by atoms with Crippen LogP contribution in [0.1, 0.15) is 57.9 Å². The number of hydrogen-bond acceptors (Lipinski definition) is 11. The third-order valence-corrected chi connectivity index (χ3v) is 11.7. The van der Waals surface area contributed by atoms with Crippen LogP contribution in [-0.4, -0.2) is 119 Å². The number of carbonyl (C=O) groups excluding carboxylic acids is 1. The number of piperidine rings is 1. The van der Waals surface area contributed by atoms with Crippen molar-refractivity contribution >= 4 is 40.0 Å². The number of likely N-dealkylation sites (tertiary alicyclic amines) is 1. The summed E-state index contributed by atoms with van der Waals surface area (Å²) in [6.45, 7) is 4.67. The van der Waals surface area contributed by atoms with Crippen LogP contribution in [0.25, 0.3) is 32.9 Å². The SMILES string of the molecule is C#Cc1c(F)ccc2cc(O)cc(-c3nc(OC)c4c(N5CC(CC)N(C(=O)NCC(F)(F)F)C(CC)C5)nc(OCC5(CN6CCC(C#N)CC6)CC5)nc4c3F)c12.O=CO. The number of amides is 2. The number of benzene rings is 2. The van der Waals surface area contributed by atoms with E-state index in [4.69, 9.17) is 30.8 Å². The topological polar surface area (TPSA) is 177 Å². The molecule has 0 bridgehead atoms. The lowest BCUT2D eigenvalue weighted by Crippen LogP contribution is -2.63. The lowest BCUT2D eigenvalue weighted by molar-refractivity contribution is -0.124. The van der Waals surface area contributed by atoms with Gasteiger partial charge in [0.1, 0.15) is 40.5 Å². The molecule has 2 aromatic carbocycles. The highest BCUT2D eigenvalue weighted by atomic mass is 19.4. The van der Waals surface area contributed by atoms with Crippen molar-refractivity contribution in [1.82, 2.24) is 30.1 Å². The van der Waals surface area contributed by atoms with Crippen molar-refractivity contribution in [3.05, 3.63) is 41.5 Å². The van der Waals surface area contributed by atoms with Gasteiger partial charge in [-0.3, -0.25) is 4.79 Å². The molecule has 3 N–H and O–H groups in total. The summed E-state index contributed by atoms with van der Waals surface area (Å²) in [5, 5.41) is 29.5. The van der Waals surface area contributed by atoms with Crippen molar-refractivity contribution in [1.29, 1.82) is 5.26 Å². The Morgan fingerprint density at radius 2 is 1.74 bits per heavy atom. The van der Waals surface area contributed by atoms with Gasteiger partial charge in [0.2, 0.25) is 5.88 Å². The van der Waals surface area contributed by atoms with Crippen LogP contribution in [0.4, 0.5) is 32.6 Å². The number of nitrogens with zero attached hydrogens (tertiary/aromatic N) is 7. The maximum atomic E-state index is 17.4. The van der Waals surface area contributed by atoms with E-state index >= 15 is 8.78 Å². The summed E-state index contributed by atoms with van der Waals surface area (Å²) in [7, 11) is 1.33. The van der Waals surface area contributed by atoms with Crippen molar-refractivity contribution in [2.24, 2.45) is 11.3 Å². The minimum atomic E-state index is -4.60. The number of phenolic OH excluding ortho intramolecular Hbond substituents is 1. The predicted molar refractivity (Wildman–Crippen MR) is 219 cm³/mol. The standard InChI is InChI=1S/C42H45F5N8O4.CH2O2/c1-5-26-19-54(20-27(6-2)55(26)40(57)49-21-42(45,46)47)37-33-36(51-39(52-37)59-23-41(12-13-41)22-53-14-10-24(18-48)11-15-53)34(44)35(50-38(33)58-4)30-17-28(56)16-25-8-9-31(43)29(7-3)32(25)30;2-1-3/h3,8-9,16-17,24,26-27,56H,5-6,10-15,19-23H2,1-2,4H3,(H,49,57);1H,(H,2,3). The zero-order valence-electron chi connectivity index (χ0n) is 34.4. The number of fused-ring (bicyclic) bond motifs is 2. The fraction of sp³-hybridized carbons (Fsp3) is 0.488. The van der Waals surface area contributed by atoms with Gasteiger partial charge < -0.3 is 39.7 Å². The van der Waals surface area contributed by atoms with Crippen LogP contribution in [0.5, 0.6) is 17.6 Å². The summed E-state index contributed by atoms with van der Waals surface area (Å²) < 4.78 is 84.0. The molecule has 7 rings (SSSR count). The van der Waals surface area contributed by atoms with E-state index in [1.54, 1.807) is 0 Å². The summed E-state index contributed by atoms with van der Waals surface area (Å²) in [4.78, 5) is 41.2. The summed E-state index contributed by atoms with van der Waals surface area (Å²) in [6, 6.07) is 5.38. The smallest absolute Gasteiger partial charge is 0.405 e. The molecule has 4 aromatic rings. The monoisotopic (exact) mass is 866 g/mol. The van der Waals surface area contributed by atoms with Crippen LogP contribution in [0.3, 0.4) is 0 Å². The quantitative estimate of drug-likeness (QED) is 0.0812. The number of methoxy groups -OCH3 is 1. The number of halogens is 5. The molecule has 3 fully saturated rings. The second-order valence-electron chi connectivity index (χ2n) is 15.8. The van der Waals surface area contributed by atoms with Gasteiger partial charge >= 0.3 is 18.2 Å². The number of ether oxygens (including phenoxy) is 2. The number of aromatic hydroxyl groups is 1. The number of terminal acetylenes is 1. The van der Waals surface area contributed by atoms with E-state index in [-0.39, 0.29) is 94.1 Å². The van der Waals surface area contributed by atoms with E-state index in [1.807, 2.05) is 24.1 Å². The molecular weight excluding hydrogens is 820 g/mol. The van der Waals surface area contributed by atoms with Crippen LogP contribution in [0.15, 0.2) is 24.3 Å². The van der Waals surface area contributed by atoms with E-state index < -0.39 is 42.5 Å². The molecule has 14 nitrogen and oxygen atoms in total. The lowest BCUT2D eigenvalue weighted by Gasteiger charge is -2.47. The predicted octanol–water partition coefficient (Wildman–Crippen LogP) is 6.87. The van der Waals surface area contributed by atoms with E-state index in [0.717, 1.165) is 51.4 Å². The molecule has 2 unspecified atom stereocenters. The largest absolute Gasteiger partial charge is 0.508 e. The number of hydrogen-bond donors (Lipinski definition) is 3. The molecule has 4 heterocycles. The highest BCUT2D eigenvalue weighted by Gasteiger charge is 2.46. The highest BCUT2D eigenvalue weighted by Crippen LogP contribution is 2.48. The van der Waals surface area contributed by atoms with E-state index in [0.29, 0.717) is 18.2 Å². The average Bonchev–Trinajstić information content (AvgIpc) is 4.03. The Kier molecular flexibility index (Phi) is 13.8. The first kappa shape index (κ1) is 45.3. The van der Waals surface area contributed by atoms with Crippen LogP contribution in [-0.2, 0) is 4.79 Å². The van der Waals surface area contributed by atoms with E-state index in [2.05, 4.69) is 26.9 Å². The van der Waals surface area contributed by atoms with Crippen molar-refractivity contribution < 1.29 is 51.2 Å². The van der Waals surface area contributed by atoms with Crippen LogP contribution < -0.4 is 19.7 Å². The summed E-state index contributed by atoms with van der Waals surface area (Å²) in [5.74, 6) is 0.492. The van der Waals surface area contributed by atoms with Gasteiger partial charge in [-0.15, -0.1) is 6.42 Å². The number of carboxylic acid groups (broad SMARTS) is 1. The first-order valence-corrected chi connectivity index (χ1v) is 20.2. The van der Waals surface area contributed by atoms with Crippen molar-refractivity contribution in [3.8, 4) is 47.3 Å². The maximum Gasteiger partial charge on any atom is 0.405 e. The molecule has 2 aliphatic heterocycles. The number of phenols is 1. The van der Waals surface area contributed by atoms with Gasteiger partial charge in [0.15, 0.2) is 5.82 Å². The Morgan fingerprint density at radius 3 is 2.31 bits per heavy atom. The number of pyridine rings is 1. The molecule has 2 amide bonds. The molecule has 3 aliphatic rings. The van der Waals surface area contributed by atoms with Crippen LogP contribution in [0.2, 0.25) is 0 Å². The third kappa shape index (κ3) is 9.63. The minimum absolute atomic E-state index is 0.0135. The van der Waals surface area contributed by atoms with Gasteiger partial charge in [0.25, 0.3) is 6.47 Å². The second-order valence-corrected chi connectivity index (χ2v) is 15.8. The first-order chi connectivity index (χ1) is 29.6. The number of nitrogens with one attached hydrogen (secondary N) is 1. The fourth-order valence-electron chi connectivity index (χ4n) is 8.39. The molecule has 1 aliphatic carbocycles. The Hall–Kier alpha value is -6.21. The lowest BCUT2D eigenvalue weighted by atomic mass is 9.95. The van der Waals surface area contributed by atoms with Crippen molar-refractivity contribution in [3.63, 3.8) is 0 Å². The Morgan fingerprint density at radius 1 is 1.08 bits per heavy atom.